The fraction of sp³-hybridized carbons (Fsp3) is 0.500. The van der Waals surface area contributed by atoms with Crippen LogP contribution < -0.4 is 5.32 Å². The molecule has 0 aliphatic carbocycles. The van der Waals surface area contributed by atoms with Crippen molar-refractivity contribution in [1.29, 1.82) is 0 Å². The van der Waals surface area contributed by atoms with Gasteiger partial charge in [-0.3, -0.25) is 4.79 Å². The fourth-order valence-corrected chi connectivity index (χ4v) is 1.83. The van der Waals surface area contributed by atoms with E-state index in [1.165, 1.54) is 6.07 Å². The first-order valence-corrected chi connectivity index (χ1v) is 6.28. The zero-order chi connectivity index (χ0) is 14.4. The van der Waals surface area contributed by atoms with E-state index in [1.54, 1.807) is 0 Å². The van der Waals surface area contributed by atoms with Crippen molar-refractivity contribution in [2.45, 2.75) is 32.7 Å². The zero-order valence-electron chi connectivity index (χ0n) is 11.1. The van der Waals surface area contributed by atoms with Gasteiger partial charge in [0.2, 0.25) is 5.91 Å². The Hall–Kier alpha value is -1.49. The molecule has 1 unspecified atom stereocenters. The molecule has 106 valence electrons. The minimum Gasteiger partial charge on any atom is -0.396 e. The Kier molecular flexibility index (Phi) is 5.89. The summed E-state index contributed by atoms with van der Waals surface area (Å²) in [6.07, 6.45) is 0.0797. The smallest absolute Gasteiger partial charge is 0.224 e. The van der Waals surface area contributed by atoms with Gasteiger partial charge in [0.05, 0.1) is 6.42 Å². The minimum absolute atomic E-state index is 0.0445. The Morgan fingerprint density at radius 2 is 1.89 bits per heavy atom. The van der Waals surface area contributed by atoms with Crippen LogP contribution in [0.25, 0.3) is 0 Å². The molecule has 1 aromatic carbocycles. The van der Waals surface area contributed by atoms with Gasteiger partial charge >= 0.3 is 0 Å². The van der Waals surface area contributed by atoms with Crippen molar-refractivity contribution in [3.63, 3.8) is 0 Å². The highest BCUT2D eigenvalue weighted by molar-refractivity contribution is 5.79. The summed E-state index contributed by atoms with van der Waals surface area (Å²) in [7, 11) is 0. The van der Waals surface area contributed by atoms with E-state index in [0.29, 0.717) is 6.42 Å². The summed E-state index contributed by atoms with van der Waals surface area (Å²) in [5.74, 6) is -1.76. The van der Waals surface area contributed by atoms with Crippen molar-refractivity contribution < 1.29 is 18.7 Å². The first kappa shape index (κ1) is 15.6. The number of halogens is 2. The summed E-state index contributed by atoms with van der Waals surface area (Å²) in [6.45, 7) is 3.77. The van der Waals surface area contributed by atoms with E-state index in [1.807, 2.05) is 13.8 Å². The molecule has 5 heteroatoms. The Morgan fingerprint density at radius 3 is 2.37 bits per heavy atom. The quantitative estimate of drug-likeness (QED) is 0.831. The van der Waals surface area contributed by atoms with Gasteiger partial charge in [-0.2, -0.15) is 0 Å². The molecule has 0 radical (unpaired) electrons. The standard InChI is InChI=1S/C14H19F2NO2/c1-9(2)13(6-7-18)17-14(19)8-10-11(15)4-3-5-12(10)16/h3-5,9,13,18H,6-8H2,1-2H3,(H,17,19). The van der Waals surface area contributed by atoms with Crippen LogP contribution in [0.4, 0.5) is 8.78 Å². The molecule has 0 spiro atoms. The third kappa shape index (κ3) is 4.59. The summed E-state index contributed by atoms with van der Waals surface area (Å²) in [6, 6.07) is 3.31. The van der Waals surface area contributed by atoms with Crippen LogP contribution in [0.5, 0.6) is 0 Å². The topological polar surface area (TPSA) is 49.3 Å². The summed E-state index contributed by atoms with van der Waals surface area (Å²) < 4.78 is 26.8. The molecule has 0 fully saturated rings. The lowest BCUT2D eigenvalue weighted by Crippen LogP contribution is -2.40. The monoisotopic (exact) mass is 271 g/mol. The largest absolute Gasteiger partial charge is 0.396 e. The summed E-state index contributed by atoms with van der Waals surface area (Å²) in [4.78, 5) is 11.8. The Labute approximate surface area is 111 Å². The van der Waals surface area contributed by atoms with Crippen LogP contribution in [0, 0.1) is 17.6 Å². The molecule has 3 nitrogen and oxygen atoms in total. The normalized spacial score (nSPS) is 12.5. The van der Waals surface area contributed by atoms with Crippen LogP contribution in [0.1, 0.15) is 25.8 Å². The Bertz CT molecular complexity index is 415. The molecule has 0 aliphatic rings. The average molecular weight is 271 g/mol. The number of benzene rings is 1. The second-order valence-corrected chi connectivity index (χ2v) is 4.81. The lowest BCUT2D eigenvalue weighted by Gasteiger charge is -2.21. The van der Waals surface area contributed by atoms with Gasteiger partial charge in [-0.15, -0.1) is 0 Å². The molecule has 0 aromatic heterocycles. The number of aliphatic hydroxyl groups is 1. The third-order valence-electron chi connectivity index (χ3n) is 2.99. The number of nitrogens with one attached hydrogen (secondary N) is 1. The first-order chi connectivity index (χ1) is 8.95. The van der Waals surface area contributed by atoms with Gasteiger partial charge in [0.25, 0.3) is 0 Å². The molecule has 0 bridgehead atoms. The number of carbonyl (C=O) groups is 1. The lowest BCUT2D eigenvalue weighted by molar-refractivity contribution is -0.121. The number of amides is 1. The molecule has 0 aliphatic heterocycles. The summed E-state index contributed by atoms with van der Waals surface area (Å²) in [5, 5.41) is 11.6. The van der Waals surface area contributed by atoms with Crippen LogP contribution >= 0.6 is 0 Å². The van der Waals surface area contributed by atoms with Gasteiger partial charge in [0, 0.05) is 18.2 Å². The number of aliphatic hydroxyl groups excluding tert-OH is 1. The Morgan fingerprint density at radius 1 is 1.32 bits per heavy atom. The molecule has 0 saturated heterocycles. The van der Waals surface area contributed by atoms with Crippen LogP contribution in [-0.4, -0.2) is 23.7 Å². The molecule has 0 saturated carbocycles. The summed E-state index contributed by atoms with van der Waals surface area (Å²) in [5.41, 5.74) is -0.230. The molecule has 0 heterocycles. The van der Waals surface area contributed by atoms with Crippen LogP contribution in [0.15, 0.2) is 18.2 Å². The molecule has 1 rings (SSSR count). The average Bonchev–Trinajstić information content (AvgIpc) is 2.33. The van der Waals surface area contributed by atoms with E-state index in [-0.39, 0.29) is 30.6 Å². The van der Waals surface area contributed by atoms with Crippen molar-refractivity contribution in [2.24, 2.45) is 5.92 Å². The van der Waals surface area contributed by atoms with Crippen molar-refractivity contribution in [3.8, 4) is 0 Å². The summed E-state index contributed by atoms with van der Waals surface area (Å²) >= 11 is 0. The fourth-order valence-electron chi connectivity index (χ4n) is 1.83. The van der Waals surface area contributed by atoms with E-state index in [2.05, 4.69) is 5.32 Å². The first-order valence-electron chi connectivity index (χ1n) is 6.28. The predicted molar refractivity (Wildman–Crippen MR) is 68.5 cm³/mol. The highest BCUT2D eigenvalue weighted by atomic mass is 19.1. The van der Waals surface area contributed by atoms with E-state index < -0.39 is 17.5 Å². The molecule has 1 aromatic rings. The zero-order valence-corrected chi connectivity index (χ0v) is 11.1. The molecular formula is C14H19F2NO2. The van der Waals surface area contributed by atoms with Crippen molar-refractivity contribution >= 4 is 5.91 Å². The maximum absolute atomic E-state index is 13.4. The van der Waals surface area contributed by atoms with Crippen molar-refractivity contribution in [2.75, 3.05) is 6.61 Å². The maximum atomic E-state index is 13.4. The second-order valence-electron chi connectivity index (χ2n) is 4.81. The highest BCUT2D eigenvalue weighted by Crippen LogP contribution is 2.13. The molecule has 2 N–H and O–H groups in total. The van der Waals surface area contributed by atoms with Gasteiger partial charge in [-0.25, -0.2) is 8.78 Å². The van der Waals surface area contributed by atoms with Crippen molar-refractivity contribution in [1.82, 2.24) is 5.32 Å². The van der Waals surface area contributed by atoms with Crippen molar-refractivity contribution in [3.05, 3.63) is 35.4 Å². The molecule has 19 heavy (non-hydrogen) atoms. The van der Waals surface area contributed by atoms with E-state index in [9.17, 15) is 13.6 Å². The molecule has 1 atom stereocenters. The van der Waals surface area contributed by atoms with Gasteiger partial charge in [-0.1, -0.05) is 19.9 Å². The number of hydrogen-bond acceptors (Lipinski definition) is 2. The molecular weight excluding hydrogens is 252 g/mol. The maximum Gasteiger partial charge on any atom is 0.224 e. The van der Waals surface area contributed by atoms with E-state index in [0.717, 1.165) is 12.1 Å². The predicted octanol–water partition coefficient (Wildman–Crippen LogP) is 2.03. The third-order valence-corrected chi connectivity index (χ3v) is 2.99. The lowest BCUT2D eigenvalue weighted by atomic mass is 10.0. The van der Waals surface area contributed by atoms with Crippen LogP contribution in [0.2, 0.25) is 0 Å². The number of carbonyl (C=O) groups excluding carboxylic acids is 1. The number of rotatable bonds is 6. The number of hydrogen-bond donors (Lipinski definition) is 2. The molecule has 1 amide bonds. The van der Waals surface area contributed by atoms with Crippen LogP contribution in [0.3, 0.4) is 0 Å². The second kappa shape index (κ2) is 7.19. The van der Waals surface area contributed by atoms with Gasteiger partial charge in [-0.05, 0) is 24.5 Å². The van der Waals surface area contributed by atoms with Gasteiger partial charge in [0.15, 0.2) is 0 Å². The minimum atomic E-state index is -0.724. The van der Waals surface area contributed by atoms with Gasteiger partial charge < -0.3 is 10.4 Å². The Balaban J connectivity index is 2.69. The van der Waals surface area contributed by atoms with Gasteiger partial charge in [0.1, 0.15) is 11.6 Å². The highest BCUT2D eigenvalue weighted by Gasteiger charge is 2.18. The van der Waals surface area contributed by atoms with Crippen LogP contribution in [-0.2, 0) is 11.2 Å². The SMILES string of the molecule is CC(C)C(CCO)NC(=O)Cc1c(F)cccc1F. The van der Waals surface area contributed by atoms with E-state index >= 15 is 0 Å². The van der Waals surface area contributed by atoms with E-state index in [4.69, 9.17) is 5.11 Å².